The lowest BCUT2D eigenvalue weighted by Gasteiger charge is -2.40. The maximum atomic E-state index is 14.4. The molecule has 0 radical (unpaired) electrons. The number of hydrogen-bond acceptors (Lipinski definition) is 6. The molecule has 10 heteroatoms. The first-order valence-corrected chi connectivity index (χ1v) is 15.5. The molecule has 2 aromatic carbocycles. The molecule has 2 atom stereocenters. The van der Waals surface area contributed by atoms with Crippen LogP contribution in [-0.2, 0) is 11.3 Å². The third-order valence-corrected chi connectivity index (χ3v) is 9.25. The van der Waals surface area contributed by atoms with Gasteiger partial charge >= 0.3 is 5.69 Å². The molecule has 226 valence electrons. The third kappa shape index (κ3) is 4.70. The van der Waals surface area contributed by atoms with E-state index in [9.17, 15) is 14.4 Å². The number of pyridine rings is 1. The summed E-state index contributed by atoms with van der Waals surface area (Å²) in [6, 6.07) is 9.84. The van der Waals surface area contributed by atoms with Crippen molar-refractivity contribution in [3.8, 4) is 16.8 Å². The van der Waals surface area contributed by atoms with Crippen LogP contribution in [0.5, 0.6) is 0 Å². The molecule has 2 aliphatic heterocycles. The van der Waals surface area contributed by atoms with E-state index in [1.54, 1.807) is 15.7 Å². The number of amides is 2. The fourth-order valence-corrected chi connectivity index (χ4v) is 7.14. The van der Waals surface area contributed by atoms with Gasteiger partial charge in [-0.25, -0.2) is 4.79 Å². The number of aryl methyl sites for hydroxylation is 2. The lowest BCUT2D eigenvalue weighted by molar-refractivity contribution is -0.126. The van der Waals surface area contributed by atoms with Crippen LogP contribution in [0, 0.1) is 13.8 Å². The molecule has 1 saturated heterocycles. The second-order valence-electron chi connectivity index (χ2n) is 12.0. The Morgan fingerprint density at radius 1 is 1.11 bits per heavy atom. The minimum Gasteiger partial charge on any atom is -0.350 e. The van der Waals surface area contributed by atoms with Gasteiger partial charge in [0.2, 0.25) is 5.91 Å². The average molecular weight is 609 g/mol. The van der Waals surface area contributed by atoms with Gasteiger partial charge in [0.05, 0.1) is 22.5 Å². The van der Waals surface area contributed by atoms with Crippen molar-refractivity contribution >= 4 is 43.1 Å². The van der Waals surface area contributed by atoms with Crippen LogP contribution in [0.15, 0.2) is 54.0 Å². The maximum Gasteiger partial charge on any atom is 0.354 e. The van der Waals surface area contributed by atoms with E-state index < -0.39 is 5.69 Å². The zero-order chi connectivity index (χ0) is 31.4. The molecule has 2 aromatic heterocycles. The van der Waals surface area contributed by atoms with Gasteiger partial charge in [0, 0.05) is 49.4 Å². The van der Waals surface area contributed by atoms with E-state index in [1.807, 2.05) is 58.9 Å². The molecular weight excluding hydrogens is 571 g/mol. The van der Waals surface area contributed by atoms with Crippen molar-refractivity contribution in [2.24, 2.45) is 0 Å². The van der Waals surface area contributed by atoms with E-state index in [2.05, 4.69) is 32.1 Å². The molecule has 4 heterocycles. The fraction of sp³-hybridized carbons (Fsp3) is 0.324. The summed E-state index contributed by atoms with van der Waals surface area (Å²) in [5, 5.41) is 4.80. The molecule has 1 unspecified atom stereocenters. The Labute approximate surface area is 259 Å². The number of piperazine rings is 1. The molecule has 2 aliphatic rings. The van der Waals surface area contributed by atoms with E-state index in [0.717, 1.165) is 38.8 Å². The van der Waals surface area contributed by atoms with Crippen LogP contribution in [-0.4, -0.2) is 56.9 Å². The maximum absolute atomic E-state index is 14.4. The van der Waals surface area contributed by atoms with Gasteiger partial charge in [-0.3, -0.25) is 19.1 Å². The molecule has 1 fully saturated rings. The molecule has 0 spiro atoms. The summed E-state index contributed by atoms with van der Waals surface area (Å²) >= 11 is 0. The molecule has 2 amide bonds. The minimum atomic E-state index is -0.482. The van der Waals surface area contributed by atoms with Gasteiger partial charge in [-0.05, 0) is 72.5 Å². The quantitative estimate of drug-likeness (QED) is 0.276. The number of carbonyl (C=O) groups is 2. The summed E-state index contributed by atoms with van der Waals surface area (Å²) in [4.78, 5) is 54.3. The molecule has 4 aromatic rings. The highest BCUT2D eigenvalue weighted by Crippen LogP contribution is 2.41. The van der Waals surface area contributed by atoms with Gasteiger partial charge in [0.1, 0.15) is 5.82 Å². The third-order valence-electron chi connectivity index (χ3n) is 8.76. The fourth-order valence-electron chi connectivity index (χ4n) is 6.70. The smallest absolute Gasteiger partial charge is 0.350 e. The number of nitrogens with one attached hydrogen (secondary N) is 1. The largest absolute Gasteiger partial charge is 0.354 e. The van der Waals surface area contributed by atoms with Gasteiger partial charge in [-0.15, -0.1) is 9.24 Å². The summed E-state index contributed by atoms with van der Waals surface area (Å²) in [5.74, 6) is 0.151. The Hall–Kier alpha value is -4.36. The van der Waals surface area contributed by atoms with Crippen LogP contribution < -0.4 is 21.2 Å². The van der Waals surface area contributed by atoms with Crippen LogP contribution in [0.4, 0.5) is 5.82 Å². The highest BCUT2D eigenvalue weighted by Gasteiger charge is 2.33. The number of hydrogen-bond donors (Lipinski definition) is 1. The molecule has 0 saturated carbocycles. The van der Waals surface area contributed by atoms with Crippen molar-refractivity contribution in [3.05, 3.63) is 87.6 Å². The average Bonchev–Trinajstić information content (AvgIpc) is 3.14. The number of carbonyl (C=O) groups excluding carboxylic acids is 2. The Morgan fingerprint density at radius 2 is 1.89 bits per heavy atom. The van der Waals surface area contributed by atoms with E-state index in [4.69, 9.17) is 9.97 Å². The Balaban J connectivity index is 1.75. The van der Waals surface area contributed by atoms with E-state index in [-0.39, 0.29) is 23.8 Å². The summed E-state index contributed by atoms with van der Waals surface area (Å²) in [5.41, 5.74) is 6.43. The summed E-state index contributed by atoms with van der Waals surface area (Å²) < 4.78 is 1.60. The van der Waals surface area contributed by atoms with Crippen LogP contribution in [0.3, 0.4) is 0 Å². The van der Waals surface area contributed by atoms with E-state index in [1.165, 1.54) is 6.08 Å². The Morgan fingerprint density at radius 3 is 2.59 bits per heavy atom. The zero-order valence-corrected chi connectivity index (χ0v) is 26.9. The first-order chi connectivity index (χ1) is 21.0. The van der Waals surface area contributed by atoms with Gasteiger partial charge < -0.3 is 15.1 Å². The summed E-state index contributed by atoms with van der Waals surface area (Å²) in [7, 11) is 2.81. The standard InChI is InChI=1S/C34H37N6O3P/c1-7-25(41)38-13-14-39(21(6)17-38)32-23-15-20(5)26-27-22(9-8-10-24(27)44)16-36-33(42)28(26)31(23)40(34(43)37-32)30-19(4)11-12-35-29(30)18(2)3/h7-12,15,18,21H,1,13-14,16-17,44H2,2-6H3,(H,36,42)/t21-/m0/s1. The minimum absolute atomic E-state index is 0.0132. The van der Waals surface area contributed by atoms with Crippen molar-refractivity contribution in [2.75, 3.05) is 24.5 Å². The zero-order valence-electron chi connectivity index (χ0n) is 25.8. The van der Waals surface area contributed by atoms with Crippen molar-refractivity contribution in [1.82, 2.24) is 24.8 Å². The highest BCUT2D eigenvalue weighted by atomic mass is 31.0. The predicted octanol–water partition coefficient (Wildman–Crippen LogP) is 4.15. The van der Waals surface area contributed by atoms with E-state index >= 15 is 0 Å². The second-order valence-corrected chi connectivity index (χ2v) is 12.6. The molecule has 9 nitrogen and oxygen atoms in total. The molecular formula is C34H37N6O3P. The van der Waals surface area contributed by atoms with Crippen molar-refractivity contribution in [3.63, 3.8) is 0 Å². The number of nitrogens with zero attached hydrogens (tertiary/aromatic N) is 5. The number of anilines is 1. The topological polar surface area (TPSA) is 100 Å². The van der Waals surface area contributed by atoms with Gasteiger partial charge in [0.15, 0.2) is 0 Å². The SMILES string of the molecule is C=CC(=O)N1CCN(c2nc(=O)n(-c3c(C)ccnc3C(C)C)c3c4c(c(C)cc23)-c2c(P)cccc2CNC4=O)[C@@H](C)C1. The van der Waals surface area contributed by atoms with Crippen molar-refractivity contribution < 1.29 is 9.59 Å². The monoisotopic (exact) mass is 608 g/mol. The summed E-state index contributed by atoms with van der Waals surface area (Å²) in [6.45, 7) is 15.5. The molecule has 0 aliphatic carbocycles. The summed E-state index contributed by atoms with van der Waals surface area (Å²) in [6.07, 6.45) is 3.08. The number of benzene rings is 2. The van der Waals surface area contributed by atoms with Gasteiger partial charge in [0.25, 0.3) is 5.91 Å². The lowest BCUT2D eigenvalue weighted by Crippen LogP contribution is -2.54. The molecule has 6 rings (SSSR count). The highest BCUT2D eigenvalue weighted by molar-refractivity contribution is 7.28. The van der Waals surface area contributed by atoms with Crippen molar-refractivity contribution in [1.29, 1.82) is 0 Å². The molecule has 44 heavy (non-hydrogen) atoms. The number of fused-ring (bicyclic) bond motifs is 5. The van der Waals surface area contributed by atoms with E-state index in [0.29, 0.717) is 54.2 Å². The lowest BCUT2D eigenvalue weighted by atomic mass is 9.89. The number of aromatic nitrogens is 3. The number of rotatable bonds is 4. The first kappa shape index (κ1) is 29.7. The van der Waals surface area contributed by atoms with Gasteiger partial charge in [-0.1, -0.05) is 38.6 Å². The Bertz CT molecular complexity index is 1930. The van der Waals surface area contributed by atoms with Crippen LogP contribution in [0.2, 0.25) is 0 Å². The normalized spacial score (nSPS) is 16.4. The molecule has 0 bridgehead atoms. The van der Waals surface area contributed by atoms with Gasteiger partial charge in [-0.2, -0.15) is 4.98 Å². The second kappa shape index (κ2) is 11.3. The predicted molar refractivity (Wildman–Crippen MR) is 178 cm³/mol. The van der Waals surface area contributed by atoms with Crippen LogP contribution in [0.25, 0.3) is 27.7 Å². The van der Waals surface area contributed by atoms with Crippen LogP contribution >= 0.6 is 9.24 Å². The molecule has 1 N–H and O–H groups in total. The Kier molecular flexibility index (Phi) is 7.62. The van der Waals surface area contributed by atoms with Crippen molar-refractivity contribution in [2.45, 2.75) is 53.1 Å². The first-order valence-electron chi connectivity index (χ1n) is 14.9. The van der Waals surface area contributed by atoms with Crippen LogP contribution in [0.1, 0.15) is 59.4 Å².